The van der Waals surface area contributed by atoms with Gasteiger partial charge < -0.3 is 24.3 Å². The second-order valence-electron chi connectivity index (χ2n) is 8.67. The SMILES string of the molecule is COc1ccc(NC(=O)C2(c3ccc4c(c3)OCO4)CCCCC2)cc1OCc1ccncc1. The van der Waals surface area contributed by atoms with Gasteiger partial charge in [-0.15, -0.1) is 0 Å². The number of hydrogen-bond donors (Lipinski definition) is 1. The largest absolute Gasteiger partial charge is 0.493 e. The van der Waals surface area contributed by atoms with Gasteiger partial charge in [-0.3, -0.25) is 9.78 Å². The van der Waals surface area contributed by atoms with E-state index in [-0.39, 0.29) is 12.7 Å². The van der Waals surface area contributed by atoms with Crippen LogP contribution in [0, 0.1) is 0 Å². The van der Waals surface area contributed by atoms with Crippen LogP contribution < -0.4 is 24.3 Å². The third kappa shape index (κ3) is 4.38. The van der Waals surface area contributed by atoms with E-state index in [9.17, 15) is 4.79 Å². The van der Waals surface area contributed by atoms with Crippen LogP contribution >= 0.6 is 0 Å². The van der Waals surface area contributed by atoms with Gasteiger partial charge >= 0.3 is 0 Å². The Bertz CT molecular complexity index is 1160. The van der Waals surface area contributed by atoms with Gasteiger partial charge in [0.05, 0.1) is 12.5 Å². The smallest absolute Gasteiger partial charge is 0.235 e. The molecule has 2 heterocycles. The van der Waals surface area contributed by atoms with Crippen LogP contribution in [0.15, 0.2) is 60.9 Å². The van der Waals surface area contributed by atoms with Gasteiger partial charge in [0.15, 0.2) is 23.0 Å². The van der Waals surface area contributed by atoms with E-state index in [1.807, 2.05) is 48.5 Å². The summed E-state index contributed by atoms with van der Waals surface area (Å²) in [6.45, 7) is 0.587. The highest BCUT2D eigenvalue weighted by Gasteiger charge is 2.42. The van der Waals surface area contributed by atoms with Crippen LogP contribution in [0.3, 0.4) is 0 Å². The maximum Gasteiger partial charge on any atom is 0.235 e. The summed E-state index contributed by atoms with van der Waals surface area (Å²) < 4.78 is 22.5. The number of carbonyl (C=O) groups is 1. The first kappa shape index (κ1) is 22.1. The lowest BCUT2D eigenvalue weighted by Crippen LogP contribution is -2.42. The van der Waals surface area contributed by atoms with Gasteiger partial charge in [0.25, 0.3) is 0 Å². The number of carbonyl (C=O) groups excluding carboxylic acids is 1. The number of rotatable bonds is 7. The summed E-state index contributed by atoms with van der Waals surface area (Å²) in [4.78, 5) is 17.8. The number of benzene rings is 2. The van der Waals surface area contributed by atoms with Gasteiger partial charge in [-0.05, 0) is 60.4 Å². The highest BCUT2D eigenvalue weighted by atomic mass is 16.7. The van der Waals surface area contributed by atoms with Crippen LogP contribution in [0.1, 0.15) is 43.2 Å². The van der Waals surface area contributed by atoms with Gasteiger partial charge in [0.2, 0.25) is 12.7 Å². The highest BCUT2D eigenvalue weighted by molar-refractivity contribution is 5.99. The predicted molar refractivity (Wildman–Crippen MR) is 128 cm³/mol. The fraction of sp³-hybridized carbons (Fsp3) is 0.333. The van der Waals surface area contributed by atoms with Crippen molar-refractivity contribution < 1.29 is 23.7 Å². The number of fused-ring (bicyclic) bond motifs is 1. The Morgan fingerprint density at radius 1 is 0.971 bits per heavy atom. The third-order valence-electron chi connectivity index (χ3n) is 6.63. The molecule has 34 heavy (non-hydrogen) atoms. The predicted octanol–water partition coefficient (Wildman–Crippen LogP) is 5.24. The molecule has 0 spiro atoms. The molecule has 1 fully saturated rings. The van der Waals surface area contributed by atoms with Crippen molar-refractivity contribution in [3.8, 4) is 23.0 Å². The Morgan fingerprint density at radius 2 is 1.76 bits per heavy atom. The van der Waals surface area contributed by atoms with Crippen molar-refractivity contribution in [1.29, 1.82) is 0 Å². The molecule has 7 heteroatoms. The summed E-state index contributed by atoms with van der Waals surface area (Å²) in [5.41, 5.74) is 2.02. The molecule has 2 aliphatic rings. The lowest BCUT2D eigenvalue weighted by atomic mass is 9.68. The molecule has 1 aromatic heterocycles. The molecular weight excluding hydrogens is 432 g/mol. The number of ether oxygens (including phenoxy) is 4. The van der Waals surface area contributed by atoms with Crippen molar-refractivity contribution in [3.05, 3.63) is 72.1 Å². The number of aromatic nitrogens is 1. The molecule has 3 aromatic rings. The summed E-state index contributed by atoms with van der Waals surface area (Å²) in [5.74, 6) is 2.58. The van der Waals surface area contributed by atoms with Crippen molar-refractivity contribution in [2.75, 3.05) is 19.2 Å². The van der Waals surface area contributed by atoms with Crippen molar-refractivity contribution in [2.24, 2.45) is 0 Å². The molecule has 7 nitrogen and oxygen atoms in total. The minimum atomic E-state index is -0.614. The fourth-order valence-electron chi connectivity index (χ4n) is 4.75. The molecule has 0 atom stereocenters. The van der Waals surface area contributed by atoms with E-state index in [1.54, 1.807) is 19.5 Å². The number of nitrogens with one attached hydrogen (secondary N) is 1. The third-order valence-corrected chi connectivity index (χ3v) is 6.63. The summed E-state index contributed by atoms with van der Waals surface area (Å²) in [7, 11) is 1.60. The zero-order valence-electron chi connectivity index (χ0n) is 19.2. The van der Waals surface area contributed by atoms with E-state index in [0.717, 1.165) is 49.0 Å². The lowest BCUT2D eigenvalue weighted by molar-refractivity contribution is -0.122. The first-order valence-corrected chi connectivity index (χ1v) is 11.6. The van der Waals surface area contributed by atoms with E-state index < -0.39 is 5.41 Å². The molecule has 1 aliphatic heterocycles. The first-order chi connectivity index (χ1) is 16.7. The molecule has 0 saturated heterocycles. The van der Waals surface area contributed by atoms with E-state index in [1.165, 1.54) is 0 Å². The Kier molecular flexibility index (Phi) is 6.25. The average molecular weight is 461 g/mol. The van der Waals surface area contributed by atoms with E-state index in [0.29, 0.717) is 29.5 Å². The molecule has 1 N–H and O–H groups in total. The van der Waals surface area contributed by atoms with Crippen molar-refractivity contribution in [1.82, 2.24) is 4.98 Å². The lowest BCUT2D eigenvalue weighted by Gasteiger charge is -2.36. The minimum absolute atomic E-state index is 0.0173. The standard InChI is InChI=1S/C27H28N2O5/c1-31-22-8-6-21(16-25(22)32-17-19-9-13-28-14-10-19)29-26(30)27(11-3-2-4-12-27)20-5-7-23-24(15-20)34-18-33-23/h5-10,13-16H,2-4,11-12,17-18H2,1H3,(H,29,30). The van der Waals surface area contributed by atoms with Crippen LogP contribution in [0.25, 0.3) is 0 Å². The summed E-state index contributed by atoms with van der Waals surface area (Å²) >= 11 is 0. The Labute approximate surface area is 199 Å². The molecular formula is C27H28N2O5. The molecule has 1 saturated carbocycles. The second-order valence-corrected chi connectivity index (χ2v) is 8.67. The number of methoxy groups -OCH3 is 1. The highest BCUT2D eigenvalue weighted by Crippen LogP contribution is 2.44. The maximum absolute atomic E-state index is 13.8. The molecule has 5 rings (SSSR count). The second kappa shape index (κ2) is 9.63. The number of pyridine rings is 1. The van der Waals surface area contributed by atoms with Crippen LogP contribution in [0.4, 0.5) is 5.69 Å². The van der Waals surface area contributed by atoms with E-state index in [2.05, 4.69) is 10.3 Å². The quantitative estimate of drug-likeness (QED) is 0.520. The number of hydrogen-bond acceptors (Lipinski definition) is 6. The van der Waals surface area contributed by atoms with Crippen LogP contribution in [-0.4, -0.2) is 24.8 Å². The normalized spacial score (nSPS) is 16.0. The van der Waals surface area contributed by atoms with E-state index in [4.69, 9.17) is 18.9 Å². The van der Waals surface area contributed by atoms with Gasteiger partial charge in [-0.1, -0.05) is 25.3 Å². The zero-order valence-corrected chi connectivity index (χ0v) is 19.2. The molecule has 0 unspecified atom stereocenters. The average Bonchev–Trinajstić information content (AvgIpc) is 3.37. The van der Waals surface area contributed by atoms with Crippen molar-refractivity contribution in [2.45, 2.75) is 44.1 Å². The molecule has 0 radical (unpaired) electrons. The molecule has 0 bridgehead atoms. The van der Waals surface area contributed by atoms with Crippen LogP contribution in [-0.2, 0) is 16.8 Å². The van der Waals surface area contributed by atoms with E-state index >= 15 is 0 Å². The fourth-order valence-corrected chi connectivity index (χ4v) is 4.75. The summed E-state index contributed by atoms with van der Waals surface area (Å²) in [6, 6.07) is 15.1. The molecule has 1 aliphatic carbocycles. The van der Waals surface area contributed by atoms with Crippen molar-refractivity contribution >= 4 is 11.6 Å². The van der Waals surface area contributed by atoms with Crippen LogP contribution in [0.2, 0.25) is 0 Å². The van der Waals surface area contributed by atoms with Crippen molar-refractivity contribution in [3.63, 3.8) is 0 Å². The maximum atomic E-state index is 13.8. The number of anilines is 1. The monoisotopic (exact) mass is 460 g/mol. The minimum Gasteiger partial charge on any atom is -0.493 e. The Hall–Kier alpha value is -3.74. The van der Waals surface area contributed by atoms with Gasteiger partial charge in [0.1, 0.15) is 6.61 Å². The number of nitrogens with zero attached hydrogens (tertiary/aromatic N) is 1. The number of amides is 1. The first-order valence-electron chi connectivity index (χ1n) is 11.6. The molecule has 1 amide bonds. The molecule has 176 valence electrons. The molecule has 2 aromatic carbocycles. The summed E-state index contributed by atoms with van der Waals surface area (Å²) in [6.07, 6.45) is 8.18. The van der Waals surface area contributed by atoms with Crippen LogP contribution in [0.5, 0.6) is 23.0 Å². The topological polar surface area (TPSA) is 78.9 Å². The zero-order chi connectivity index (χ0) is 23.4. The Morgan fingerprint density at radius 3 is 2.56 bits per heavy atom. The summed E-state index contributed by atoms with van der Waals surface area (Å²) in [5, 5.41) is 3.15. The van der Waals surface area contributed by atoms with Gasteiger partial charge in [0, 0.05) is 24.1 Å². The van der Waals surface area contributed by atoms with Gasteiger partial charge in [-0.2, -0.15) is 0 Å². The Balaban J connectivity index is 1.39. The van der Waals surface area contributed by atoms with Gasteiger partial charge in [-0.25, -0.2) is 0 Å².